The number of carbonyl (C=O) groups excluding carboxylic acids is 2. The highest BCUT2D eigenvalue weighted by molar-refractivity contribution is 7.17. The number of carbonyl (C=O) groups is 2. The van der Waals surface area contributed by atoms with Crippen molar-refractivity contribution in [2.45, 2.75) is 20.8 Å². The van der Waals surface area contributed by atoms with E-state index in [2.05, 4.69) is 20.7 Å². The average Bonchev–Trinajstić information content (AvgIpc) is 2.87. The molecule has 1 aliphatic heterocycles. The summed E-state index contributed by atoms with van der Waals surface area (Å²) in [6.45, 7) is 8.21. The fraction of sp³-hybridized carbons (Fsp3) is 0.615. The molecule has 0 bridgehead atoms. The van der Waals surface area contributed by atoms with E-state index in [1.165, 1.54) is 11.3 Å². The first-order valence-electron chi connectivity index (χ1n) is 6.89. The number of hydrazine groups is 1. The van der Waals surface area contributed by atoms with Crippen molar-refractivity contribution in [3.8, 4) is 0 Å². The monoisotopic (exact) mass is 312 g/mol. The lowest BCUT2D eigenvalue weighted by Gasteiger charge is -2.25. The molecule has 7 nitrogen and oxygen atoms in total. The number of aromatic nitrogens is 1. The summed E-state index contributed by atoms with van der Waals surface area (Å²) in [5.41, 5.74) is 5.49. The third kappa shape index (κ3) is 3.92. The second-order valence-corrected chi connectivity index (χ2v) is 6.09. The number of morpholine rings is 1. The predicted octanol–water partition coefficient (Wildman–Crippen LogP) is 0.705. The molecule has 2 amide bonds. The van der Waals surface area contributed by atoms with Crippen LogP contribution in [0.4, 0.5) is 5.13 Å². The van der Waals surface area contributed by atoms with Crippen LogP contribution in [0.25, 0.3) is 0 Å². The molecule has 0 spiro atoms. The van der Waals surface area contributed by atoms with E-state index in [0.717, 1.165) is 18.2 Å². The highest BCUT2D eigenvalue weighted by Gasteiger charge is 2.20. The maximum Gasteiger partial charge on any atom is 0.281 e. The zero-order chi connectivity index (χ0) is 15.4. The van der Waals surface area contributed by atoms with Crippen molar-refractivity contribution in [3.05, 3.63) is 10.6 Å². The van der Waals surface area contributed by atoms with E-state index >= 15 is 0 Å². The highest BCUT2D eigenvalue weighted by atomic mass is 32.1. The largest absolute Gasteiger partial charge is 0.378 e. The van der Waals surface area contributed by atoms with Crippen LogP contribution in [0.2, 0.25) is 0 Å². The Bertz CT molecular complexity index is 523. The van der Waals surface area contributed by atoms with E-state index < -0.39 is 0 Å². The number of ether oxygens (including phenoxy) is 1. The molecule has 1 saturated heterocycles. The molecule has 0 radical (unpaired) electrons. The van der Waals surface area contributed by atoms with Gasteiger partial charge < -0.3 is 9.64 Å². The quantitative estimate of drug-likeness (QED) is 0.803. The Morgan fingerprint density at radius 3 is 2.57 bits per heavy atom. The molecule has 21 heavy (non-hydrogen) atoms. The van der Waals surface area contributed by atoms with Crippen LogP contribution in [-0.4, -0.2) is 43.1 Å². The second-order valence-electron chi connectivity index (χ2n) is 5.11. The number of nitrogens with zero attached hydrogens (tertiary/aromatic N) is 2. The van der Waals surface area contributed by atoms with Crippen LogP contribution < -0.4 is 15.8 Å². The van der Waals surface area contributed by atoms with Gasteiger partial charge in [0, 0.05) is 19.0 Å². The molecule has 0 unspecified atom stereocenters. The highest BCUT2D eigenvalue weighted by Crippen LogP contribution is 2.26. The van der Waals surface area contributed by atoms with Gasteiger partial charge in [0.1, 0.15) is 4.88 Å². The molecule has 0 atom stereocenters. The molecule has 1 fully saturated rings. The van der Waals surface area contributed by atoms with Crippen LogP contribution >= 0.6 is 11.3 Å². The number of anilines is 1. The number of hydrogen-bond acceptors (Lipinski definition) is 6. The molecule has 8 heteroatoms. The van der Waals surface area contributed by atoms with Crippen LogP contribution in [0, 0.1) is 12.8 Å². The summed E-state index contributed by atoms with van der Waals surface area (Å²) in [5, 5.41) is 0.816. The number of aryl methyl sites for hydroxylation is 1. The van der Waals surface area contributed by atoms with Crippen molar-refractivity contribution >= 4 is 28.3 Å². The van der Waals surface area contributed by atoms with Gasteiger partial charge in [-0.05, 0) is 6.92 Å². The predicted molar refractivity (Wildman–Crippen MR) is 80.3 cm³/mol. The van der Waals surface area contributed by atoms with Crippen LogP contribution in [0.1, 0.15) is 29.2 Å². The van der Waals surface area contributed by atoms with Gasteiger partial charge in [0.25, 0.3) is 5.91 Å². The van der Waals surface area contributed by atoms with Gasteiger partial charge in [-0.25, -0.2) is 4.98 Å². The summed E-state index contributed by atoms with van der Waals surface area (Å²) in [4.78, 5) is 30.6. The fourth-order valence-corrected chi connectivity index (χ4v) is 2.82. The number of rotatable bonds is 3. The maximum atomic E-state index is 12.1. The number of hydrogen-bond donors (Lipinski definition) is 2. The van der Waals surface area contributed by atoms with Crippen molar-refractivity contribution in [1.82, 2.24) is 15.8 Å². The van der Waals surface area contributed by atoms with Crippen molar-refractivity contribution in [3.63, 3.8) is 0 Å². The van der Waals surface area contributed by atoms with Gasteiger partial charge >= 0.3 is 0 Å². The Morgan fingerprint density at radius 2 is 1.95 bits per heavy atom. The van der Waals surface area contributed by atoms with Gasteiger partial charge in [-0.3, -0.25) is 20.4 Å². The lowest BCUT2D eigenvalue weighted by molar-refractivity contribution is -0.124. The fourth-order valence-electron chi connectivity index (χ4n) is 1.80. The van der Waals surface area contributed by atoms with E-state index in [0.29, 0.717) is 23.8 Å². The Balaban J connectivity index is 2.01. The Hall–Kier alpha value is -1.67. The van der Waals surface area contributed by atoms with Gasteiger partial charge in [-0.15, -0.1) is 0 Å². The number of amides is 2. The van der Waals surface area contributed by atoms with Crippen LogP contribution in [-0.2, 0) is 9.53 Å². The van der Waals surface area contributed by atoms with Gasteiger partial charge in [0.2, 0.25) is 5.91 Å². The Labute approximate surface area is 127 Å². The molecule has 116 valence electrons. The Morgan fingerprint density at radius 1 is 1.29 bits per heavy atom. The van der Waals surface area contributed by atoms with E-state index in [-0.39, 0.29) is 17.7 Å². The Kier molecular flexibility index (Phi) is 5.13. The van der Waals surface area contributed by atoms with Gasteiger partial charge in [0.15, 0.2) is 5.13 Å². The van der Waals surface area contributed by atoms with E-state index in [1.54, 1.807) is 20.8 Å². The van der Waals surface area contributed by atoms with Gasteiger partial charge in [0.05, 0.1) is 18.9 Å². The summed E-state index contributed by atoms with van der Waals surface area (Å²) in [7, 11) is 0. The zero-order valence-corrected chi connectivity index (χ0v) is 13.2. The first kappa shape index (κ1) is 15.7. The average molecular weight is 312 g/mol. The van der Waals surface area contributed by atoms with Crippen LogP contribution in [0.5, 0.6) is 0 Å². The minimum atomic E-state index is -0.335. The summed E-state index contributed by atoms with van der Waals surface area (Å²) < 4.78 is 5.30. The SMILES string of the molecule is Cc1nc(N2CCOCC2)sc1C(=O)NNC(=O)C(C)C. The molecule has 0 aliphatic carbocycles. The van der Waals surface area contributed by atoms with Crippen LogP contribution in [0.15, 0.2) is 0 Å². The molecule has 2 heterocycles. The summed E-state index contributed by atoms with van der Waals surface area (Å²) in [5.74, 6) is -0.741. The van der Waals surface area contributed by atoms with Crippen molar-refractivity contribution in [2.24, 2.45) is 5.92 Å². The van der Waals surface area contributed by atoms with Gasteiger partial charge in [-0.2, -0.15) is 0 Å². The van der Waals surface area contributed by atoms with Crippen LogP contribution in [0.3, 0.4) is 0 Å². The van der Waals surface area contributed by atoms with Crippen molar-refractivity contribution < 1.29 is 14.3 Å². The minimum absolute atomic E-state index is 0.184. The molecular formula is C13H20N4O3S. The lowest BCUT2D eigenvalue weighted by Crippen LogP contribution is -2.43. The maximum absolute atomic E-state index is 12.1. The van der Waals surface area contributed by atoms with E-state index in [4.69, 9.17) is 4.74 Å². The molecule has 2 rings (SSSR count). The first-order chi connectivity index (χ1) is 9.99. The third-order valence-electron chi connectivity index (χ3n) is 3.10. The molecule has 0 aromatic carbocycles. The number of thiazole rings is 1. The standard InChI is InChI=1S/C13H20N4O3S/c1-8(2)11(18)15-16-12(19)10-9(3)14-13(21-10)17-4-6-20-7-5-17/h8H,4-7H2,1-3H3,(H,15,18)(H,16,19). The number of nitrogens with one attached hydrogen (secondary N) is 2. The molecule has 2 N–H and O–H groups in total. The second kappa shape index (κ2) is 6.86. The van der Waals surface area contributed by atoms with Gasteiger partial charge in [-0.1, -0.05) is 25.2 Å². The van der Waals surface area contributed by atoms with Crippen molar-refractivity contribution in [2.75, 3.05) is 31.2 Å². The molecule has 0 saturated carbocycles. The molecular weight excluding hydrogens is 292 g/mol. The lowest BCUT2D eigenvalue weighted by atomic mass is 10.2. The topological polar surface area (TPSA) is 83.6 Å². The molecule has 1 aliphatic rings. The van der Waals surface area contributed by atoms with Crippen molar-refractivity contribution in [1.29, 1.82) is 0 Å². The van der Waals surface area contributed by atoms with E-state index in [1.807, 2.05) is 0 Å². The zero-order valence-electron chi connectivity index (χ0n) is 12.4. The summed E-state index contributed by atoms with van der Waals surface area (Å²) >= 11 is 1.33. The minimum Gasteiger partial charge on any atom is -0.378 e. The normalized spacial score (nSPS) is 15.1. The molecule has 1 aromatic heterocycles. The molecule has 1 aromatic rings. The summed E-state index contributed by atoms with van der Waals surface area (Å²) in [6, 6.07) is 0. The first-order valence-corrected chi connectivity index (χ1v) is 7.71. The summed E-state index contributed by atoms with van der Waals surface area (Å²) in [6.07, 6.45) is 0. The van der Waals surface area contributed by atoms with E-state index in [9.17, 15) is 9.59 Å². The smallest absolute Gasteiger partial charge is 0.281 e. The third-order valence-corrected chi connectivity index (χ3v) is 4.31.